The number of esters is 1. The predicted octanol–water partition coefficient (Wildman–Crippen LogP) is 2.02. The molecule has 2 heterocycles. The number of nitrogens with one attached hydrogen (secondary N) is 1. The summed E-state index contributed by atoms with van der Waals surface area (Å²) in [4.78, 5) is 24.4. The van der Waals surface area contributed by atoms with E-state index in [-0.39, 0.29) is 5.97 Å². The summed E-state index contributed by atoms with van der Waals surface area (Å²) in [5, 5.41) is 3.10. The maximum absolute atomic E-state index is 11.8. The van der Waals surface area contributed by atoms with Gasteiger partial charge in [0.15, 0.2) is 5.65 Å². The molecule has 20 heavy (non-hydrogen) atoms. The molecule has 6 heteroatoms. The molecule has 0 fully saturated rings. The second kappa shape index (κ2) is 6.27. The first-order valence-corrected chi connectivity index (χ1v) is 6.52. The van der Waals surface area contributed by atoms with Crippen molar-refractivity contribution in [2.75, 3.05) is 12.4 Å². The molecule has 0 saturated carbocycles. The summed E-state index contributed by atoms with van der Waals surface area (Å²) in [6, 6.07) is 3.19. The first-order chi connectivity index (χ1) is 9.60. The molecule has 6 nitrogen and oxygen atoms in total. The standard InChI is InChI=1S/C14H18N4O2/c1-9(2)8-11(14(19)20-3)17-12-5-4-10-13(18-12)16-7-6-15-10/h4-7,9,11H,8H2,1-3H3,(H,16,17,18). The van der Waals surface area contributed by atoms with Crippen LogP contribution in [-0.2, 0) is 9.53 Å². The molecule has 0 spiro atoms. The van der Waals surface area contributed by atoms with E-state index in [0.717, 1.165) is 5.52 Å². The average Bonchev–Trinajstić information content (AvgIpc) is 2.45. The summed E-state index contributed by atoms with van der Waals surface area (Å²) in [5.41, 5.74) is 1.27. The van der Waals surface area contributed by atoms with Gasteiger partial charge in [-0.05, 0) is 24.5 Å². The highest BCUT2D eigenvalue weighted by atomic mass is 16.5. The number of aromatic nitrogens is 3. The molecule has 0 aliphatic carbocycles. The topological polar surface area (TPSA) is 77.0 Å². The number of fused-ring (bicyclic) bond motifs is 1. The zero-order chi connectivity index (χ0) is 14.5. The summed E-state index contributed by atoms with van der Waals surface area (Å²) in [5.74, 6) is 0.667. The normalized spacial score (nSPS) is 12.4. The molecule has 0 bridgehead atoms. The molecule has 0 amide bonds. The van der Waals surface area contributed by atoms with Gasteiger partial charge in [-0.3, -0.25) is 4.98 Å². The summed E-state index contributed by atoms with van der Waals surface area (Å²) >= 11 is 0. The largest absolute Gasteiger partial charge is 0.467 e. The Kier molecular flexibility index (Phi) is 4.45. The van der Waals surface area contributed by atoms with Crippen molar-refractivity contribution in [1.82, 2.24) is 15.0 Å². The lowest BCUT2D eigenvalue weighted by Gasteiger charge is -2.18. The summed E-state index contributed by atoms with van der Waals surface area (Å²) in [6.07, 6.45) is 3.88. The number of ether oxygens (including phenoxy) is 1. The van der Waals surface area contributed by atoms with Crippen LogP contribution >= 0.6 is 0 Å². The summed E-state index contributed by atoms with van der Waals surface area (Å²) in [7, 11) is 1.39. The minimum absolute atomic E-state index is 0.292. The van der Waals surface area contributed by atoms with Gasteiger partial charge in [-0.2, -0.15) is 0 Å². The van der Waals surface area contributed by atoms with Crippen molar-refractivity contribution in [3.05, 3.63) is 24.5 Å². The maximum atomic E-state index is 11.8. The van der Waals surface area contributed by atoms with Crippen LogP contribution in [0.5, 0.6) is 0 Å². The molecule has 1 N–H and O–H groups in total. The summed E-state index contributed by atoms with van der Waals surface area (Å²) in [6.45, 7) is 4.10. The van der Waals surface area contributed by atoms with Crippen LogP contribution in [0.1, 0.15) is 20.3 Å². The van der Waals surface area contributed by atoms with Crippen LogP contribution in [0.4, 0.5) is 5.82 Å². The van der Waals surface area contributed by atoms with Crippen LogP contribution in [0.15, 0.2) is 24.5 Å². The van der Waals surface area contributed by atoms with Crippen LogP contribution in [0, 0.1) is 5.92 Å². The summed E-state index contributed by atoms with van der Waals surface area (Å²) < 4.78 is 4.82. The predicted molar refractivity (Wildman–Crippen MR) is 76.2 cm³/mol. The molecule has 0 saturated heterocycles. The highest BCUT2D eigenvalue weighted by molar-refractivity contribution is 5.79. The fourth-order valence-electron chi connectivity index (χ4n) is 1.94. The van der Waals surface area contributed by atoms with Crippen molar-refractivity contribution >= 4 is 23.0 Å². The van der Waals surface area contributed by atoms with Crippen molar-refractivity contribution in [1.29, 1.82) is 0 Å². The molecular weight excluding hydrogens is 256 g/mol. The number of anilines is 1. The van der Waals surface area contributed by atoms with Gasteiger partial charge >= 0.3 is 5.97 Å². The number of pyridine rings is 1. The Morgan fingerprint density at radius 2 is 2.05 bits per heavy atom. The molecule has 2 aromatic rings. The van der Waals surface area contributed by atoms with E-state index >= 15 is 0 Å². The zero-order valence-corrected chi connectivity index (χ0v) is 11.8. The second-order valence-corrected chi connectivity index (χ2v) is 4.95. The van der Waals surface area contributed by atoms with Gasteiger partial charge in [0, 0.05) is 12.4 Å². The molecule has 0 radical (unpaired) electrons. The van der Waals surface area contributed by atoms with Gasteiger partial charge in [-0.1, -0.05) is 13.8 Å². The van der Waals surface area contributed by atoms with Gasteiger partial charge in [0.05, 0.1) is 7.11 Å². The Bertz CT molecular complexity index is 600. The average molecular weight is 274 g/mol. The van der Waals surface area contributed by atoms with Crippen molar-refractivity contribution in [3.63, 3.8) is 0 Å². The number of hydrogen-bond acceptors (Lipinski definition) is 6. The molecule has 2 aromatic heterocycles. The van der Waals surface area contributed by atoms with Crippen LogP contribution in [-0.4, -0.2) is 34.1 Å². The number of methoxy groups -OCH3 is 1. The minimum atomic E-state index is -0.415. The van der Waals surface area contributed by atoms with Gasteiger partial charge < -0.3 is 10.1 Å². The SMILES string of the molecule is COC(=O)C(CC(C)C)Nc1ccc2nccnc2n1. The minimum Gasteiger partial charge on any atom is -0.467 e. The van der Waals surface area contributed by atoms with Crippen LogP contribution in [0.25, 0.3) is 11.2 Å². The third-order valence-electron chi connectivity index (χ3n) is 2.85. The number of hydrogen-bond donors (Lipinski definition) is 1. The molecule has 0 aliphatic heterocycles. The smallest absolute Gasteiger partial charge is 0.328 e. The zero-order valence-electron chi connectivity index (χ0n) is 11.8. The molecule has 106 valence electrons. The van der Waals surface area contributed by atoms with Gasteiger partial charge in [0.1, 0.15) is 17.4 Å². The molecule has 0 aliphatic rings. The van der Waals surface area contributed by atoms with Gasteiger partial charge in [0.25, 0.3) is 0 Å². The van der Waals surface area contributed by atoms with Crippen LogP contribution in [0.3, 0.4) is 0 Å². The number of carbonyl (C=O) groups is 1. The van der Waals surface area contributed by atoms with Gasteiger partial charge in [-0.15, -0.1) is 0 Å². The number of carbonyl (C=O) groups excluding carboxylic acids is 1. The van der Waals surface area contributed by atoms with Crippen molar-refractivity contribution in [2.24, 2.45) is 5.92 Å². The monoisotopic (exact) mass is 274 g/mol. The van der Waals surface area contributed by atoms with E-state index in [9.17, 15) is 4.79 Å². The molecule has 0 aromatic carbocycles. The molecule has 1 atom stereocenters. The Balaban J connectivity index is 2.21. The van der Waals surface area contributed by atoms with E-state index in [4.69, 9.17) is 4.74 Å². The Hall–Kier alpha value is -2.24. The van der Waals surface area contributed by atoms with E-state index in [1.54, 1.807) is 18.5 Å². The highest BCUT2D eigenvalue weighted by Crippen LogP contribution is 2.15. The number of rotatable bonds is 5. The van der Waals surface area contributed by atoms with E-state index < -0.39 is 6.04 Å². The Morgan fingerprint density at radius 1 is 1.30 bits per heavy atom. The molecule has 1 unspecified atom stereocenters. The van der Waals surface area contributed by atoms with Crippen molar-refractivity contribution < 1.29 is 9.53 Å². The van der Waals surface area contributed by atoms with E-state index in [0.29, 0.717) is 23.8 Å². The fourth-order valence-corrected chi connectivity index (χ4v) is 1.94. The number of nitrogens with zero attached hydrogens (tertiary/aromatic N) is 3. The Morgan fingerprint density at radius 3 is 2.75 bits per heavy atom. The quantitative estimate of drug-likeness (QED) is 0.841. The van der Waals surface area contributed by atoms with E-state index in [1.807, 2.05) is 6.07 Å². The molecule has 2 rings (SSSR count). The first kappa shape index (κ1) is 14.2. The lowest BCUT2D eigenvalue weighted by molar-refractivity contribution is -0.141. The van der Waals surface area contributed by atoms with Crippen LogP contribution in [0.2, 0.25) is 0 Å². The van der Waals surface area contributed by atoms with Gasteiger partial charge in [-0.25, -0.2) is 14.8 Å². The lowest BCUT2D eigenvalue weighted by Crippen LogP contribution is -2.32. The van der Waals surface area contributed by atoms with Crippen LogP contribution < -0.4 is 5.32 Å². The molecular formula is C14H18N4O2. The van der Waals surface area contributed by atoms with Crippen molar-refractivity contribution in [2.45, 2.75) is 26.3 Å². The Labute approximate surface area is 117 Å². The second-order valence-electron chi connectivity index (χ2n) is 4.95. The fraction of sp³-hybridized carbons (Fsp3) is 0.429. The third-order valence-corrected chi connectivity index (χ3v) is 2.85. The van der Waals surface area contributed by atoms with E-state index in [2.05, 4.69) is 34.1 Å². The van der Waals surface area contributed by atoms with Crippen molar-refractivity contribution in [3.8, 4) is 0 Å². The maximum Gasteiger partial charge on any atom is 0.328 e. The highest BCUT2D eigenvalue weighted by Gasteiger charge is 2.20. The lowest BCUT2D eigenvalue weighted by atomic mass is 10.0. The third kappa shape index (κ3) is 3.40. The van der Waals surface area contributed by atoms with E-state index in [1.165, 1.54) is 7.11 Å². The van der Waals surface area contributed by atoms with Gasteiger partial charge in [0.2, 0.25) is 0 Å². The first-order valence-electron chi connectivity index (χ1n) is 6.52.